The van der Waals surface area contributed by atoms with Gasteiger partial charge in [0.2, 0.25) is 53.2 Å². The lowest BCUT2D eigenvalue weighted by molar-refractivity contribution is -0.173. The fourth-order valence-electron chi connectivity index (χ4n) is 7.70. The highest BCUT2D eigenvalue weighted by Crippen LogP contribution is 2.18. The van der Waals surface area contributed by atoms with Crippen molar-refractivity contribution in [3.05, 3.63) is 0 Å². The Morgan fingerprint density at radius 2 is 0.685 bits per heavy atom. The molecule has 1 rings (SSSR count). The highest BCUT2D eigenvalue weighted by molar-refractivity contribution is 5.99. The van der Waals surface area contributed by atoms with Gasteiger partial charge in [0.15, 0.2) is 0 Å². The summed E-state index contributed by atoms with van der Waals surface area (Å²) < 4.78 is 158. The first-order valence-electron chi connectivity index (χ1n) is 27.0. The van der Waals surface area contributed by atoms with Crippen molar-refractivity contribution in [2.45, 2.75) is 178 Å². The SMILES string of the molecule is CC(C)C[C@@H]1NC(=O)[C@@H](CC(C)C)NC(=O)[C@H](CCNC(=O)C(F)(F)F)NC(=O)[C@H](CCNC(=O)[C@H](CCNC(=O)C(F)(F)F)NC(=O)[C@@H](N)[C@@H](C)O)NC(=O)[C@H]([C@@H](C)O)NC(=O)[C@H](CCNC(=O)C(F)(F)F)NC(=O)[C@H](CCNC(=O)C(F)(F)F)NC1=O. The average molecular weight is 1310 g/mol. The summed E-state index contributed by atoms with van der Waals surface area (Å²) in [5.41, 5.74) is 5.61. The lowest BCUT2D eigenvalue weighted by Gasteiger charge is -2.29. The molecule has 11 atom stereocenters. The Morgan fingerprint density at radius 1 is 0.416 bits per heavy atom. The molecular weight excluding hydrogens is 1240 g/mol. The van der Waals surface area contributed by atoms with Crippen LogP contribution in [0.25, 0.3) is 0 Å². The molecule has 0 aromatic heterocycles. The maximum Gasteiger partial charge on any atom is 0.471 e. The molecule has 0 radical (unpaired) electrons. The third kappa shape index (κ3) is 28.9. The molecule has 17 N–H and O–H groups in total. The van der Waals surface area contributed by atoms with Gasteiger partial charge in [-0.3, -0.25) is 62.3 Å². The van der Waals surface area contributed by atoms with Gasteiger partial charge in [0.1, 0.15) is 54.4 Å². The van der Waals surface area contributed by atoms with Crippen LogP contribution in [0.5, 0.6) is 0 Å². The van der Waals surface area contributed by atoms with Crippen molar-refractivity contribution in [1.29, 1.82) is 0 Å². The van der Waals surface area contributed by atoms with Crippen molar-refractivity contribution in [3.63, 3.8) is 0 Å². The minimum atomic E-state index is -5.55. The van der Waals surface area contributed by atoms with Crippen LogP contribution in [0, 0.1) is 11.8 Å². The third-order valence-corrected chi connectivity index (χ3v) is 12.4. The van der Waals surface area contributed by atoms with Gasteiger partial charge in [-0.05, 0) is 70.6 Å². The van der Waals surface area contributed by atoms with Crippen LogP contribution in [-0.4, -0.2) is 211 Å². The van der Waals surface area contributed by atoms with E-state index < -0.39 is 245 Å². The van der Waals surface area contributed by atoms with Crippen LogP contribution in [0.3, 0.4) is 0 Å². The number of nitrogens with one attached hydrogen (secondary N) is 13. The van der Waals surface area contributed by atoms with Crippen LogP contribution in [-0.2, 0) is 62.3 Å². The molecule has 0 unspecified atom stereocenters. The fraction of sp³-hybridized carbons (Fsp3) is 0.729. The highest BCUT2D eigenvalue weighted by Gasteiger charge is 2.43. The van der Waals surface area contributed by atoms with Crippen LogP contribution < -0.4 is 74.9 Å². The Balaban J connectivity index is 4.29. The van der Waals surface area contributed by atoms with E-state index in [4.69, 9.17) is 5.73 Å². The number of carbonyl (C=O) groups excluding carboxylic acids is 13. The number of carbonyl (C=O) groups is 13. The van der Waals surface area contributed by atoms with E-state index in [2.05, 4.69) is 26.6 Å². The molecule has 0 aromatic carbocycles. The average Bonchev–Trinajstić information content (AvgIpc) is 3.60. The van der Waals surface area contributed by atoms with Crippen LogP contribution in [0.4, 0.5) is 52.7 Å². The highest BCUT2D eigenvalue weighted by atomic mass is 19.4. The molecule has 1 aliphatic rings. The number of amides is 13. The first-order chi connectivity index (χ1) is 40.8. The molecule has 1 saturated heterocycles. The summed E-state index contributed by atoms with van der Waals surface area (Å²) in [7, 11) is 0. The van der Waals surface area contributed by atoms with E-state index in [1.54, 1.807) is 0 Å². The summed E-state index contributed by atoms with van der Waals surface area (Å²) in [4.78, 5) is 173. The minimum absolute atomic E-state index is 0.364. The maximum atomic E-state index is 14.4. The van der Waals surface area contributed by atoms with E-state index in [9.17, 15) is 125 Å². The normalized spacial score (nSPS) is 22.1. The zero-order valence-corrected chi connectivity index (χ0v) is 48.3. The third-order valence-electron chi connectivity index (χ3n) is 12.4. The van der Waals surface area contributed by atoms with Crippen molar-refractivity contribution in [1.82, 2.24) is 69.1 Å². The summed E-state index contributed by atoms with van der Waals surface area (Å²) in [5.74, 6) is -24.5. The molecule has 1 aliphatic heterocycles. The van der Waals surface area contributed by atoms with E-state index in [0.717, 1.165) is 13.8 Å². The van der Waals surface area contributed by atoms with Crippen LogP contribution in [0.15, 0.2) is 0 Å². The van der Waals surface area contributed by atoms with E-state index in [1.807, 2.05) is 21.3 Å². The second-order valence-corrected chi connectivity index (χ2v) is 20.9. The number of hydrogen-bond acceptors (Lipinski definition) is 16. The molecule has 1 fully saturated rings. The molecule has 0 spiro atoms. The summed E-state index contributed by atoms with van der Waals surface area (Å²) in [6, 6.07) is -18.6. The van der Waals surface area contributed by atoms with E-state index in [0.29, 0.717) is 0 Å². The van der Waals surface area contributed by atoms with Crippen molar-refractivity contribution in [2.24, 2.45) is 17.6 Å². The summed E-state index contributed by atoms with van der Waals surface area (Å²) in [6.45, 7) is 2.53. The van der Waals surface area contributed by atoms with Crippen molar-refractivity contribution in [2.75, 3.05) is 32.7 Å². The second-order valence-electron chi connectivity index (χ2n) is 20.9. The number of halogens is 12. The second kappa shape index (κ2) is 35.4. The number of hydrogen-bond donors (Lipinski definition) is 16. The van der Waals surface area contributed by atoms with E-state index in [1.165, 1.54) is 49.0 Å². The Bertz CT molecular complexity index is 2500. The van der Waals surface area contributed by atoms with E-state index >= 15 is 0 Å². The molecule has 13 amide bonds. The Kier molecular flexibility index (Phi) is 31.5. The quantitative estimate of drug-likeness (QED) is 0.0408. The molecule has 0 aromatic rings. The number of nitrogens with two attached hydrogens (primary N) is 1. The van der Waals surface area contributed by atoms with Gasteiger partial charge in [0.25, 0.3) is 0 Å². The number of aliphatic hydroxyl groups excluding tert-OH is 2. The molecule has 0 aliphatic carbocycles. The number of aliphatic hydroxyl groups is 2. The van der Waals surface area contributed by atoms with Gasteiger partial charge in [0.05, 0.1) is 12.2 Å². The monoisotopic (exact) mass is 1310 g/mol. The van der Waals surface area contributed by atoms with Gasteiger partial charge in [-0.1, -0.05) is 27.7 Å². The van der Waals surface area contributed by atoms with Crippen LogP contribution >= 0.6 is 0 Å². The predicted molar refractivity (Wildman–Crippen MR) is 278 cm³/mol. The first-order valence-corrected chi connectivity index (χ1v) is 27.0. The van der Waals surface area contributed by atoms with Gasteiger partial charge in [-0.15, -0.1) is 0 Å². The molecular formula is C48H72F12N14O15. The summed E-state index contributed by atoms with van der Waals surface area (Å²) in [5, 5.41) is 45.2. The van der Waals surface area contributed by atoms with Gasteiger partial charge >= 0.3 is 48.3 Å². The lowest BCUT2D eigenvalue weighted by Crippen LogP contribution is -2.62. The topological polar surface area (TPSA) is 445 Å². The molecule has 29 nitrogen and oxygen atoms in total. The van der Waals surface area contributed by atoms with E-state index in [-0.39, 0.29) is 12.8 Å². The first kappa shape index (κ1) is 79.2. The number of rotatable bonds is 24. The molecule has 41 heteroatoms. The van der Waals surface area contributed by atoms with Gasteiger partial charge in [-0.25, -0.2) is 0 Å². The van der Waals surface area contributed by atoms with Crippen molar-refractivity contribution in [3.8, 4) is 0 Å². The molecule has 0 bridgehead atoms. The maximum absolute atomic E-state index is 14.4. The standard InChI is InChI=1S/C48H72F12N14O15/c1-19(2)17-28-37(82)69-24(9-14-64-42(87)46(52,53)54)33(78)68-27(11-16-66-44(89)48(58,59)60)36(81)74-31(22(6)76)40(85)71-26(7-12-62-32(77)23(70-39(84)30(61)21(5)75)8-13-63-41(86)45(49,50)51)34(79)67-25(10-15-65-43(88)47(55,56)57)35(80)72-29(18-20(3)4)38(83)73-28/h19-31,75-76H,7-18,61H2,1-6H3,(H,62,77)(H,63,86)(H,64,87)(H,65,88)(H,66,89)(H,67,79)(H,68,78)(H,69,82)(H,70,84)(H,71,85)(H,72,80)(H,73,83)(H,74,81)/t21-,22-,23+,24+,25+,26+,27+,28+,29-,30+,31+/m1/s1. The van der Waals surface area contributed by atoms with Crippen molar-refractivity contribution < 1.29 is 125 Å². The molecule has 508 valence electrons. The lowest BCUT2D eigenvalue weighted by atomic mass is 9.99. The zero-order valence-electron chi connectivity index (χ0n) is 48.3. The van der Waals surface area contributed by atoms with Crippen molar-refractivity contribution >= 4 is 76.8 Å². The minimum Gasteiger partial charge on any atom is -0.391 e. The largest absolute Gasteiger partial charge is 0.471 e. The molecule has 1 heterocycles. The Labute approximate surface area is 498 Å². The van der Waals surface area contributed by atoms with Gasteiger partial charge in [-0.2, -0.15) is 52.7 Å². The summed E-state index contributed by atoms with van der Waals surface area (Å²) in [6.07, 6.45) is -31.4. The zero-order chi connectivity index (χ0) is 68.7. The predicted octanol–water partition coefficient (Wildman–Crippen LogP) is -4.16. The van der Waals surface area contributed by atoms with Gasteiger partial charge < -0.3 is 85.1 Å². The summed E-state index contributed by atoms with van der Waals surface area (Å²) >= 11 is 0. The van der Waals surface area contributed by atoms with Crippen LogP contribution in [0.1, 0.15) is 86.5 Å². The molecule has 89 heavy (non-hydrogen) atoms. The van der Waals surface area contributed by atoms with Crippen LogP contribution in [0.2, 0.25) is 0 Å². The Hall–Kier alpha value is -7.85. The van der Waals surface area contributed by atoms with Gasteiger partial charge in [0, 0.05) is 32.7 Å². The fourth-order valence-corrected chi connectivity index (χ4v) is 7.70. The smallest absolute Gasteiger partial charge is 0.391 e. The molecule has 0 saturated carbocycles. The number of alkyl halides is 12. The Morgan fingerprint density at radius 3 is 0.978 bits per heavy atom.